The summed E-state index contributed by atoms with van der Waals surface area (Å²) in [5, 5.41) is 1.10. The molecule has 0 bridgehead atoms. The zero-order chi connectivity index (χ0) is 16.2. The molecule has 2 aromatic rings. The molecule has 0 aliphatic carbocycles. The van der Waals surface area contributed by atoms with Crippen molar-refractivity contribution in [3.05, 3.63) is 53.9 Å². The molecule has 124 valence electrons. The number of fused-ring (bicyclic) bond motifs is 1. The molecule has 4 rings (SSSR count). The van der Waals surface area contributed by atoms with Crippen molar-refractivity contribution >= 4 is 16.9 Å². The number of pyridine rings is 1. The van der Waals surface area contributed by atoms with Gasteiger partial charge in [-0.25, -0.2) is 0 Å². The first kappa shape index (κ1) is 15.3. The Kier molecular flexibility index (Phi) is 4.55. The normalized spacial score (nSPS) is 15.9. The van der Waals surface area contributed by atoms with Crippen LogP contribution in [0.2, 0.25) is 0 Å². The highest BCUT2D eigenvalue weighted by Gasteiger charge is 2.18. The van der Waals surface area contributed by atoms with Gasteiger partial charge in [0.15, 0.2) is 16.7 Å². The van der Waals surface area contributed by atoms with Crippen LogP contribution in [-0.4, -0.2) is 34.1 Å². The van der Waals surface area contributed by atoms with Crippen molar-refractivity contribution in [1.82, 2.24) is 9.88 Å². The third-order valence-corrected chi connectivity index (χ3v) is 5.08. The van der Waals surface area contributed by atoms with E-state index in [1.165, 1.54) is 5.56 Å². The lowest BCUT2D eigenvalue weighted by atomic mass is 10.2. The second kappa shape index (κ2) is 7.13. The molecule has 24 heavy (non-hydrogen) atoms. The van der Waals surface area contributed by atoms with E-state index in [0.29, 0.717) is 6.79 Å². The molecule has 2 aliphatic rings. The van der Waals surface area contributed by atoms with E-state index < -0.39 is 0 Å². The summed E-state index contributed by atoms with van der Waals surface area (Å²) in [4.78, 5) is 11.5. The second-order valence-corrected chi connectivity index (χ2v) is 6.79. The highest BCUT2D eigenvalue weighted by atomic mass is 32.2. The average molecular weight is 341 g/mol. The molecule has 0 unspecified atom stereocenters. The molecular formula is C18H19N3O2S. The molecule has 0 spiro atoms. The minimum atomic E-state index is 0.305. The lowest BCUT2D eigenvalue weighted by Crippen LogP contribution is -2.30. The van der Waals surface area contributed by atoms with Gasteiger partial charge in [0, 0.05) is 25.0 Å². The van der Waals surface area contributed by atoms with Gasteiger partial charge in [-0.1, -0.05) is 23.9 Å². The quantitative estimate of drug-likeness (QED) is 0.854. The summed E-state index contributed by atoms with van der Waals surface area (Å²) < 4.78 is 10.9. The summed E-state index contributed by atoms with van der Waals surface area (Å²) in [6, 6.07) is 12.2. The fourth-order valence-electron chi connectivity index (χ4n) is 2.78. The van der Waals surface area contributed by atoms with Crippen LogP contribution in [0.15, 0.2) is 47.6 Å². The van der Waals surface area contributed by atoms with Crippen LogP contribution in [0, 0.1) is 0 Å². The highest BCUT2D eigenvalue weighted by Crippen LogP contribution is 2.33. The van der Waals surface area contributed by atoms with Crippen LogP contribution < -0.4 is 9.47 Å². The maximum absolute atomic E-state index is 5.50. The molecule has 0 saturated heterocycles. The first-order chi connectivity index (χ1) is 11.9. The Bertz CT molecular complexity index is 736. The largest absolute Gasteiger partial charge is 0.454 e. The van der Waals surface area contributed by atoms with Crippen molar-refractivity contribution in [3.8, 4) is 11.5 Å². The Labute approximate surface area is 145 Å². The van der Waals surface area contributed by atoms with E-state index in [4.69, 9.17) is 14.5 Å². The number of hydrogen-bond acceptors (Lipinski definition) is 6. The van der Waals surface area contributed by atoms with Gasteiger partial charge in [0.25, 0.3) is 0 Å². The minimum Gasteiger partial charge on any atom is -0.454 e. The van der Waals surface area contributed by atoms with E-state index in [1.807, 2.05) is 36.2 Å². The van der Waals surface area contributed by atoms with Gasteiger partial charge in [0.1, 0.15) is 0 Å². The number of thioether (sulfide) groups is 1. The Morgan fingerprint density at radius 3 is 2.88 bits per heavy atom. The summed E-state index contributed by atoms with van der Waals surface area (Å²) in [5.74, 6) is 2.77. The topological polar surface area (TPSA) is 47.0 Å². The van der Waals surface area contributed by atoms with E-state index in [-0.39, 0.29) is 0 Å². The second-order valence-electron chi connectivity index (χ2n) is 5.73. The molecule has 3 heterocycles. The van der Waals surface area contributed by atoms with Gasteiger partial charge >= 0.3 is 0 Å². The summed E-state index contributed by atoms with van der Waals surface area (Å²) in [5.41, 5.74) is 2.23. The number of rotatable bonds is 4. The summed E-state index contributed by atoms with van der Waals surface area (Å²) in [7, 11) is 0. The number of hydrogen-bond donors (Lipinski definition) is 0. The SMILES string of the molecule is c1ccc(CN(Cc2ccc3c(c2)OCO3)C2=NCCCS2)nc1. The highest BCUT2D eigenvalue weighted by molar-refractivity contribution is 8.13. The van der Waals surface area contributed by atoms with Crippen molar-refractivity contribution in [1.29, 1.82) is 0 Å². The number of amidine groups is 1. The Balaban J connectivity index is 1.56. The molecule has 6 heteroatoms. The number of nitrogens with zero attached hydrogens (tertiary/aromatic N) is 3. The third-order valence-electron chi connectivity index (χ3n) is 3.94. The monoisotopic (exact) mass is 341 g/mol. The first-order valence-corrected chi connectivity index (χ1v) is 9.08. The Morgan fingerprint density at radius 2 is 2.04 bits per heavy atom. The molecular weight excluding hydrogens is 322 g/mol. The molecule has 0 saturated carbocycles. The summed E-state index contributed by atoms with van der Waals surface area (Å²) in [6.45, 7) is 2.74. The number of ether oxygens (including phenoxy) is 2. The third kappa shape index (κ3) is 3.48. The van der Waals surface area contributed by atoms with E-state index in [1.54, 1.807) is 0 Å². The maximum Gasteiger partial charge on any atom is 0.231 e. The van der Waals surface area contributed by atoms with E-state index >= 15 is 0 Å². The van der Waals surface area contributed by atoms with Gasteiger partial charge in [0.05, 0.1) is 12.2 Å². The van der Waals surface area contributed by atoms with Crippen LogP contribution in [0.4, 0.5) is 0 Å². The molecule has 0 amide bonds. The molecule has 2 aliphatic heterocycles. The van der Waals surface area contributed by atoms with Crippen molar-refractivity contribution in [2.45, 2.75) is 19.5 Å². The Morgan fingerprint density at radius 1 is 1.08 bits per heavy atom. The van der Waals surface area contributed by atoms with Crippen molar-refractivity contribution in [2.24, 2.45) is 4.99 Å². The van der Waals surface area contributed by atoms with Gasteiger partial charge in [-0.05, 0) is 36.2 Å². The molecule has 1 aromatic carbocycles. The lowest BCUT2D eigenvalue weighted by Gasteiger charge is -2.27. The lowest BCUT2D eigenvalue weighted by molar-refractivity contribution is 0.174. The van der Waals surface area contributed by atoms with Crippen LogP contribution in [0.25, 0.3) is 0 Å². The van der Waals surface area contributed by atoms with Crippen molar-refractivity contribution < 1.29 is 9.47 Å². The maximum atomic E-state index is 5.50. The van der Waals surface area contributed by atoms with Crippen molar-refractivity contribution in [2.75, 3.05) is 19.1 Å². The number of aliphatic imine (C=N–C) groups is 1. The van der Waals surface area contributed by atoms with E-state index in [2.05, 4.69) is 28.1 Å². The smallest absolute Gasteiger partial charge is 0.231 e. The fraction of sp³-hybridized carbons (Fsp3) is 0.333. The van der Waals surface area contributed by atoms with Crippen LogP contribution >= 0.6 is 11.8 Å². The van der Waals surface area contributed by atoms with Gasteiger partial charge in [-0.3, -0.25) is 9.98 Å². The van der Waals surface area contributed by atoms with Gasteiger partial charge in [-0.2, -0.15) is 0 Å². The minimum absolute atomic E-state index is 0.305. The molecule has 0 fully saturated rings. The predicted molar refractivity (Wildman–Crippen MR) is 95.4 cm³/mol. The predicted octanol–water partition coefficient (Wildman–Crippen LogP) is 3.31. The zero-order valence-electron chi connectivity index (χ0n) is 13.4. The zero-order valence-corrected chi connectivity index (χ0v) is 14.2. The standard InChI is InChI=1S/C18H19N3O2S/c1-2-7-19-15(4-1)12-21(18-20-8-3-9-24-18)11-14-5-6-16-17(10-14)23-13-22-16/h1-2,4-7,10H,3,8-9,11-13H2. The fourth-order valence-corrected chi connectivity index (χ4v) is 3.73. The van der Waals surface area contributed by atoms with Gasteiger partial charge in [-0.15, -0.1) is 0 Å². The molecule has 0 atom stereocenters. The van der Waals surface area contributed by atoms with E-state index in [9.17, 15) is 0 Å². The van der Waals surface area contributed by atoms with Crippen LogP contribution in [-0.2, 0) is 13.1 Å². The van der Waals surface area contributed by atoms with E-state index in [0.717, 1.165) is 54.2 Å². The summed E-state index contributed by atoms with van der Waals surface area (Å²) >= 11 is 1.83. The van der Waals surface area contributed by atoms with Gasteiger partial charge in [0.2, 0.25) is 6.79 Å². The summed E-state index contributed by atoms with van der Waals surface area (Å²) in [6.07, 6.45) is 2.99. The average Bonchev–Trinajstić information content (AvgIpc) is 3.11. The molecule has 1 aromatic heterocycles. The van der Waals surface area contributed by atoms with Crippen LogP contribution in [0.3, 0.4) is 0 Å². The van der Waals surface area contributed by atoms with Gasteiger partial charge < -0.3 is 14.4 Å². The van der Waals surface area contributed by atoms with Crippen LogP contribution in [0.5, 0.6) is 11.5 Å². The van der Waals surface area contributed by atoms with Crippen LogP contribution in [0.1, 0.15) is 17.7 Å². The first-order valence-electron chi connectivity index (χ1n) is 8.09. The number of aromatic nitrogens is 1. The Hall–Kier alpha value is -2.21. The molecule has 0 radical (unpaired) electrons. The van der Waals surface area contributed by atoms with Crippen molar-refractivity contribution in [3.63, 3.8) is 0 Å². The number of benzene rings is 1. The molecule has 5 nitrogen and oxygen atoms in total. The molecule has 0 N–H and O–H groups in total.